The molecule has 2 aromatic carbocycles. The zero-order chi connectivity index (χ0) is 16.1. The quantitative estimate of drug-likeness (QED) is 0.835. The number of hydrogen-bond donors (Lipinski definition) is 0. The van der Waals surface area contributed by atoms with Crippen molar-refractivity contribution in [2.24, 2.45) is 0 Å². The molecule has 0 N–H and O–H groups in total. The number of benzene rings is 2. The van der Waals surface area contributed by atoms with Crippen LogP contribution in [0.4, 0.5) is 0 Å². The van der Waals surface area contributed by atoms with Crippen LogP contribution >= 0.6 is 0 Å². The molecule has 0 spiro atoms. The molecule has 2 unspecified atom stereocenters. The van der Waals surface area contributed by atoms with Crippen molar-refractivity contribution in [1.29, 1.82) is 0 Å². The Labute approximate surface area is 138 Å². The summed E-state index contributed by atoms with van der Waals surface area (Å²) in [4.78, 5) is 2.46. The van der Waals surface area contributed by atoms with Crippen molar-refractivity contribution in [1.82, 2.24) is 4.90 Å². The molecule has 0 amide bonds. The summed E-state index contributed by atoms with van der Waals surface area (Å²) < 4.78 is 12.4. The van der Waals surface area contributed by atoms with E-state index in [2.05, 4.69) is 43.0 Å². The van der Waals surface area contributed by atoms with Crippen molar-refractivity contribution in [3.63, 3.8) is 0 Å². The highest BCUT2D eigenvalue weighted by molar-refractivity contribution is 5.25. The largest absolute Gasteiger partial charge is 0.483 e. The topological polar surface area (TPSA) is 21.7 Å². The van der Waals surface area contributed by atoms with Gasteiger partial charge >= 0.3 is 0 Å². The maximum atomic E-state index is 6.32. The average molecular weight is 311 g/mol. The van der Waals surface area contributed by atoms with Crippen LogP contribution in [0.2, 0.25) is 0 Å². The van der Waals surface area contributed by atoms with Crippen LogP contribution in [0.15, 0.2) is 60.7 Å². The lowest BCUT2D eigenvalue weighted by atomic mass is 10.0. The van der Waals surface area contributed by atoms with E-state index in [-0.39, 0.29) is 12.2 Å². The van der Waals surface area contributed by atoms with E-state index in [4.69, 9.17) is 9.47 Å². The fourth-order valence-corrected chi connectivity index (χ4v) is 3.00. The van der Waals surface area contributed by atoms with E-state index in [0.717, 1.165) is 31.0 Å². The van der Waals surface area contributed by atoms with Crippen LogP contribution in [0.5, 0.6) is 5.75 Å². The Kier molecular flexibility index (Phi) is 5.31. The van der Waals surface area contributed by atoms with Crippen LogP contribution in [-0.2, 0) is 4.74 Å². The highest BCUT2D eigenvalue weighted by Crippen LogP contribution is 2.28. The number of rotatable bonds is 5. The lowest BCUT2D eigenvalue weighted by Crippen LogP contribution is -2.48. The molecule has 0 saturated carbocycles. The smallest absolute Gasteiger partial charge is 0.151 e. The number of nitrogens with zero attached hydrogens (tertiary/aromatic N) is 1. The van der Waals surface area contributed by atoms with Crippen molar-refractivity contribution in [2.45, 2.75) is 32.1 Å². The Morgan fingerprint density at radius 2 is 1.65 bits per heavy atom. The maximum absolute atomic E-state index is 6.32. The number of hydrogen-bond acceptors (Lipinski definition) is 3. The first-order chi connectivity index (χ1) is 11.2. The molecule has 23 heavy (non-hydrogen) atoms. The third kappa shape index (κ3) is 4.12. The first-order valence-corrected chi connectivity index (χ1v) is 8.36. The molecule has 2 aromatic rings. The average Bonchev–Trinajstić information content (AvgIpc) is 2.61. The third-order valence-electron chi connectivity index (χ3n) is 4.33. The van der Waals surface area contributed by atoms with Gasteiger partial charge in [0.15, 0.2) is 6.10 Å². The lowest BCUT2D eigenvalue weighted by Gasteiger charge is -2.39. The summed E-state index contributed by atoms with van der Waals surface area (Å²) >= 11 is 0. The second-order valence-corrected chi connectivity index (χ2v) is 6.26. The van der Waals surface area contributed by atoms with E-state index in [1.807, 2.05) is 36.4 Å². The number of para-hydroxylation sites is 1. The van der Waals surface area contributed by atoms with Crippen LogP contribution in [0.3, 0.4) is 0 Å². The second kappa shape index (κ2) is 7.62. The van der Waals surface area contributed by atoms with Gasteiger partial charge in [0, 0.05) is 19.1 Å². The second-order valence-electron chi connectivity index (χ2n) is 6.26. The van der Waals surface area contributed by atoms with Gasteiger partial charge in [0.05, 0.1) is 6.61 Å². The molecule has 3 rings (SSSR count). The summed E-state index contributed by atoms with van der Waals surface area (Å²) in [6.45, 7) is 7.10. The summed E-state index contributed by atoms with van der Waals surface area (Å²) in [5.74, 6) is 0.881. The highest BCUT2D eigenvalue weighted by atomic mass is 16.5. The fourth-order valence-electron chi connectivity index (χ4n) is 3.00. The zero-order valence-electron chi connectivity index (χ0n) is 13.9. The van der Waals surface area contributed by atoms with Gasteiger partial charge in [-0.2, -0.15) is 0 Å². The Hall–Kier alpha value is -1.84. The molecular weight excluding hydrogens is 286 g/mol. The standard InChI is InChI=1S/C20H25NO2/c1-16(2)21-13-14-22-19(15-21)20(17-9-5-3-6-10-17)23-18-11-7-4-8-12-18/h3-12,16,19-20H,13-15H2,1-2H3. The normalized spacial score (nSPS) is 20.4. The molecule has 0 aromatic heterocycles. The molecule has 0 bridgehead atoms. The Morgan fingerprint density at radius 1 is 1.00 bits per heavy atom. The fraction of sp³-hybridized carbons (Fsp3) is 0.400. The maximum Gasteiger partial charge on any atom is 0.151 e. The molecule has 1 aliphatic heterocycles. The van der Waals surface area contributed by atoms with E-state index in [1.165, 1.54) is 0 Å². The van der Waals surface area contributed by atoms with Crippen molar-refractivity contribution in [3.05, 3.63) is 66.2 Å². The van der Waals surface area contributed by atoms with Crippen molar-refractivity contribution in [3.8, 4) is 5.75 Å². The molecular formula is C20H25NO2. The van der Waals surface area contributed by atoms with E-state index >= 15 is 0 Å². The molecule has 3 heteroatoms. The third-order valence-corrected chi connectivity index (χ3v) is 4.33. The van der Waals surface area contributed by atoms with Gasteiger partial charge in [0.2, 0.25) is 0 Å². The lowest BCUT2D eigenvalue weighted by molar-refractivity contribution is -0.0885. The molecule has 1 saturated heterocycles. The minimum absolute atomic E-state index is 0.0359. The SMILES string of the molecule is CC(C)N1CCOC(C(Oc2ccccc2)c2ccccc2)C1. The van der Waals surface area contributed by atoms with Gasteiger partial charge in [0.25, 0.3) is 0 Å². The van der Waals surface area contributed by atoms with E-state index < -0.39 is 0 Å². The summed E-state index contributed by atoms with van der Waals surface area (Å²) in [5.41, 5.74) is 1.16. The summed E-state index contributed by atoms with van der Waals surface area (Å²) in [5, 5.41) is 0. The first kappa shape index (κ1) is 16.0. The van der Waals surface area contributed by atoms with Crippen LogP contribution < -0.4 is 4.74 Å². The van der Waals surface area contributed by atoms with Crippen LogP contribution in [0.25, 0.3) is 0 Å². The van der Waals surface area contributed by atoms with E-state index in [0.29, 0.717) is 6.04 Å². The first-order valence-electron chi connectivity index (χ1n) is 8.36. The van der Waals surface area contributed by atoms with Gasteiger partial charge in [-0.3, -0.25) is 4.90 Å². The molecule has 0 radical (unpaired) electrons. The highest BCUT2D eigenvalue weighted by Gasteiger charge is 2.31. The van der Waals surface area contributed by atoms with Gasteiger partial charge < -0.3 is 9.47 Å². The molecule has 3 nitrogen and oxygen atoms in total. The van der Waals surface area contributed by atoms with Gasteiger partial charge in [-0.25, -0.2) is 0 Å². The molecule has 1 heterocycles. The molecule has 1 aliphatic rings. The molecule has 1 fully saturated rings. The van der Waals surface area contributed by atoms with Crippen LogP contribution in [-0.4, -0.2) is 36.7 Å². The minimum Gasteiger partial charge on any atom is -0.483 e. The van der Waals surface area contributed by atoms with Gasteiger partial charge in [-0.1, -0.05) is 48.5 Å². The summed E-state index contributed by atoms with van der Waals surface area (Å²) in [6.07, 6.45) is -0.0612. The summed E-state index contributed by atoms with van der Waals surface area (Å²) in [6, 6.07) is 20.9. The molecule has 0 aliphatic carbocycles. The van der Waals surface area contributed by atoms with E-state index in [1.54, 1.807) is 0 Å². The van der Waals surface area contributed by atoms with Gasteiger partial charge in [0.1, 0.15) is 11.9 Å². The van der Waals surface area contributed by atoms with Crippen LogP contribution in [0, 0.1) is 0 Å². The Balaban J connectivity index is 1.83. The van der Waals surface area contributed by atoms with Crippen molar-refractivity contribution in [2.75, 3.05) is 19.7 Å². The number of morpholine rings is 1. The van der Waals surface area contributed by atoms with Gasteiger partial charge in [-0.15, -0.1) is 0 Å². The predicted octanol–water partition coefficient (Wildman–Crippen LogP) is 3.92. The summed E-state index contributed by atoms with van der Waals surface area (Å²) in [7, 11) is 0. The van der Waals surface area contributed by atoms with E-state index in [9.17, 15) is 0 Å². The van der Waals surface area contributed by atoms with Gasteiger partial charge in [-0.05, 0) is 31.5 Å². The Morgan fingerprint density at radius 3 is 2.30 bits per heavy atom. The Bertz CT molecular complexity index is 585. The molecule has 122 valence electrons. The monoisotopic (exact) mass is 311 g/mol. The van der Waals surface area contributed by atoms with Crippen molar-refractivity contribution < 1.29 is 9.47 Å². The zero-order valence-corrected chi connectivity index (χ0v) is 13.9. The van der Waals surface area contributed by atoms with Crippen LogP contribution in [0.1, 0.15) is 25.5 Å². The number of ether oxygens (including phenoxy) is 2. The minimum atomic E-state index is -0.0971. The molecule has 2 atom stereocenters. The van der Waals surface area contributed by atoms with Crippen molar-refractivity contribution >= 4 is 0 Å². The predicted molar refractivity (Wildman–Crippen MR) is 92.7 cm³/mol.